The fourth-order valence-corrected chi connectivity index (χ4v) is 0.824. The first-order valence-electron chi connectivity index (χ1n) is 4.90. The second-order valence-electron chi connectivity index (χ2n) is 4.05. The minimum atomic E-state index is -0.401. The van der Waals surface area contributed by atoms with Crippen molar-refractivity contribution in [2.45, 2.75) is 32.8 Å². The maximum atomic E-state index is 11.2. The summed E-state index contributed by atoms with van der Waals surface area (Å²) in [6.45, 7) is 7.41. The van der Waals surface area contributed by atoms with Crippen molar-refractivity contribution >= 4 is 5.97 Å². The van der Waals surface area contributed by atoms with Crippen LogP contribution in [0, 0.1) is 0 Å². The molecule has 0 amide bonds. The third-order valence-corrected chi connectivity index (χ3v) is 1.37. The van der Waals surface area contributed by atoms with Crippen molar-refractivity contribution in [3.8, 4) is 0 Å². The molecule has 0 aromatic heterocycles. The number of hydrogen-bond acceptors (Lipinski definition) is 4. The lowest BCUT2D eigenvalue weighted by molar-refractivity contribution is -0.156. The summed E-state index contributed by atoms with van der Waals surface area (Å²) in [5, 5.41) is 2.95. The fraction of sp³-hybridized carbons (Fsp3) is 0.900. The van der Waals surface area contributed by atoms with E-state index in [-0.39, 0.29) is 5.97 Å². The predicted molar refractivity (Wildman–Crippen MR) is 55.2 cm³/mol. The van der Waals surface area contributed by atoms with Gasteiger partial charge in [-0.15, -0.1) is 0 Å². The Morgan fingerprint density at radius 1 is 1.29 bits per heavy atom. The van der Waals surface area contributed by atoms with Gasteiger partial charge in [0.1, 0.15) is 5.60 Å². The van der Waals surface area contributed by atoms with E-state index in [4.69, 9.17) is 9.47 Å². The molecule has 1 N–H and O–H groups in total. The maximum Gasteiger partial charge on any atom is 0.308 e. The Bertz CT molecular complexity index is 163. The highest BCUT2D eigenvalue weighted by molar-refractivity contribution is 5.69. The zero-order valence-electron chi connectivity index (χ0n) is 9.55. The number of carbonyl (C=O) groups is 1. The number of rotatable bonds is 6. The summed E-state index contributed by atoms with van der Waals surface area (Å²) in [6.07, 6.45) is 0.320. The molecule has 0 aliphatic heterocycles. The summed E-state index contributed by atoms with van der Waals surface area (Å²) in [4.78, 5) is 11.2. The smallest absolute Gasteiger partial charge is 0.308 e. The molecule has 0 fully saturated rings. The normalized spacial score (nSPS) is 11.4. The van der Waals surface area contributed by atoms with Crippen molar-refractivity contribution in [2.75, 3.05) is 26.8 Å². The van der Waals surface area contributed by atoms with Crippen LogP contribution in [0.5, 0.6) is 0 Å². The number of nitrogens with one attached hydrogen (secondary N) is 1. The fourth-order valence-electron chi connectivity index (χ4n) is 0.824. The van der Waals surface area contributed by atoms with Crippen LogP contribution in [0.1, 0.15) is 27.2 Å². The van der Waals surface area contributed by atoms with Crippen molar-refractivity contribution in [3.05, 3.63) is 0 Å². The molecule has 0 aliphatic rings. The molecule has 4 heteroatoms. The van der Waals surface area contributed by atoms with Crippen molar-refractivity contribution in [1.29, 1.82) is 0 Å². The zero-order valence-corrected chi connectivity index (χ0v) is 9.55. The third-order valence-electron chi connectivity index (χ3n) is 1.37. The van der Waals surface area contributed by atoms with Crippen molar-refractivity contribution in [2.24, 2.45) is 0 Å². The summed E-state index contributed by atoms with van der Waals surface area (Å²) < 4.78 is 10.3. The molecule has 0 saturated heterocycles. The van der Waals surface area contributed by atoms with Crippen molar-refractivity contribution in [3.63, 3.8) is 0 Å². The standard InChI is InChI=1S/C10H21NO3/c1-10(2,3)14-9(12)5-7-13-8-6-11-4/h11H,5-8H2,1-4H3. The van der Waals surface area contributed by atoms with Crippen LogP contribution in [0.4, 0.5) is 0 Å². The van der Waals surface area contributed by atoms with Gasteiger partial charge >= 0.3 is 5.97 Å². The van der Waals surface area contributed by atoms with Gasteiger partial charge in [0, 0.05) is 6.54 Å². The molecule has 0 rings (SSSR count). The van der Waals surface area contributed by atoms with Gasteiger partial charge in [-0.2, -0.15) is 0 Å². The highest BCUT2D eigenvalue weighted by Crippen LogP contribution is 2.07. The van der Waals surface area contributed by atoms with Crippen LogP contribution >= 0.6 is 0 Å². The lowest BCUT2D eigenvalue weighted by Crippen LogP contribution is -2.24. The maximum absolute atomic E-state index is 11.2. The lowest BCUT2D eigenvalue weighted by Gasteiger charge is -2.19. The van der Waals surface area contributed by atoms with E-state index in [0.717, 1.165) is 6.54 Å². The average Bonchev–Trinajstić information content (AvgIpc) is 2.00. The van der Waals surface area contributed by atoms with Gasteiger partial charge < -0.3 is 14.8 Å². The van der Waals surface area contributed by atoms with E-state index in [1.54, 1.807) is 0 Å². The van der Waals surface area contributed by atoms with E-state index in [1.165, 1.54) is 0 Å². The molecule has 0 aromatic rings. The van der Waals surface area contributed by atoms with Gasteiger partial charge in [0.2, 0.25) is 0 Å². The Morgan fingerprint density at radius 3 is 2.43 bits per heavy atom. The Balaban J connectivity index is 3.36. The van der Waals surface area contributed by atoms with E-state index >= 15 is 0 Å². The number of likely N-dealkylation sites (N-methyl/N-ethyl adjacent to an activating group) is 1. The van der Waals surface area contributed by atoms with E-state index in [9.17, 15) is 4.79 Å². The molecule has 0 bridgehead atoms. The molecule has 0 spiro atoms. The minimum Gasteiger partial charge on any atom is -0.460 e. The summed E-state index contributed by atoms with van der Waals surface area (Å²) in [6, 6.07) is 0. The molecule has 0 saturated carbocycles. The lowest BCUT2D eigenvalue weighted by atomic mass is 10.2. The van der Waals surface area contributed by atoms with Gasteiger partial charge in [0.05, 0.1) is 19.6 Å². The van der Waals surface area contributed by atoms with Crippen LogP contribution in [0.3, 0.4) is 0 Å². The second kappa shape index (κ2) is 6.79. The predicted octanol–water partition coefficient (Wildman–Crippen LogP) is 0.954. The summed E-state index contributed by atoms with van der Waals surface area (Å²) in [7, 11) is 1.86. The molecular weight excluding hydrogens is 182 g/mol. The SMILES string of the molecule is CNCCOCCC(=O)OC(C)(C)C. The van der Waals surface area contributed by atoms with Gasteiger partial charge in [0.25, 0.3) is 0 Å². The van der Waals surface area contributed by atoms with E-state index in [1.807, 2.05) is 27.8 Å². The molecule has 0 radical (unpaired) electrons. The molecule has 0 unspecified atom stereocenters. The zero-order chi connectivity index (χ0) is 11.0. The minimum absolute atomic E-state index is 0.207. The molecular formula is C10H21NO3. The largest absolute Gasteiger partial charge is 0.460 e. The number of esters is 1. The first-order chi connectivity index (χ1) is 6.45. The van der Waals surface area contributed by atoms with Crippen LogP contribution in [0.15, 0.2) is 0 Å². The molecule has 0 aliphatic carbocycles. The summed E-state index contributed by atoms with van der Waals surface area (Å²) in [5.74, 6) is -0.207. The van der Waals surface area contributed by atoms with Crippen LogP contribution in [0.2, 0.25) is 0 Å². The molecule has 84 valence electrons. The Labute approximate surface area is 86.0 Å². The summed E-state index contributed by atoms with van der Waals surface area (Å²) >= 11 is 0. The van der Waals surface area contributed by atoms with Crippen molar-refractivity contribution < 1.29 is 14.3 Å². The first kappa shape index (κ1) is 13.4. The molecule has 14 heavy (non-hydrogen) atoms. The van der Waals surface area contributed by atoms with Crippen LogP contribution in [-0.2, 0) is 14.3 Å². The van der Waals surface area contributed by atoms with Gasteiger partial charge in [-0.3, -0.25) is 4.79 Å². The topological polar surface area (TPSA) is 47.6 Å². The Hall–Kier alpha value is -0.610. The molecule has 0 aromatic carbocycles. The van der Waals surface area contributed by atoms with Gasteiger partial charge in [0.15, 0.2) is 0 Å². The molecule has 4 nitrogen and oxygen atoms in total. The quantitative estimate of drug-likeness (QED) is 0.516. The number of hydrogen-bond donors (Lipinski definition) is 1. The number of carbonyl (C=O) groups excluding carboxylic acids is 1. The number of ether oxygens (including phenoxy) is 2. The van der Waals surface area contributed by atoms with E-state index < -0.39 is 5.60 Å². The highest BCUT2D eigenvalue weighted by atomic mass is 16.6. The van der Waals surface area contributed by atoms with Crippen molar-refractivity contribution in [1.82, 2.24) is 5.32 Å². The van der Waals surface area contributed by atoms with Crippen LogP contribution < -0.4 is 5.32 Å². The first-order valence-corrected chi connectivity index (χ1v) is 4.90. The van der Waals surface area contributed by atoms with Gasteiger partial charge in [-0.05, 0) is 27.8 Å². The van der Waals surface area contributed by atoms with E-state index in [0.29, 0.717) is 19.6 Å². The average molecular weight is 203 g/mol. The Morgan fingerprint density at radius 2 is 1.93 bits per heavy atom. The Kier molecular flexibility index (Phi) is 6.49. The molecule has 0 atom stereocenters. The van der Waals surface area contributed by atoms with Gasteiger partial charge in [-0.1, -0.05) is 0 Å². The van der Waals surface area contributed by atoms with E-state index in [2.05, 4.69) is 5.32 Å². The summed E-state index contributed by atoms with van der Waals surface area (Å²) in [5.41, 5.74) is -0.401. The second-order valence-corrected chi connectivity index (χ2v) is 4.05. The van der Waals surface area contributed by atoms with Gasteiger partial charge in [-0.25, -0.2) is 0 Å². The van der Waals surface area contributed by atoms with Crippen LogP contribution in [0.25, 0.3) is 0 Å². The third kappa shape index (κ3) is 9.48. The highest BCUT2D eigenvalue weighted by Gasteiger charge is 2.15. The molecule has 0 heterocycles. The van der Waals surface area contributed by atoms with Crippen LogP contribution in [-0.4, -0.2) is 38.4 Å². The monoisotopic (exact) mass is 203 g/mol.